The molecule has 16 heteroatoms. The van der Waals surface area contributed by atoms with Gasteiger partial charge in [-0.1, -0.05) is 48.9 Å². The van der Waals surface area contributed by atoms with Crippen molar-refractivity contribution in [3.63, 3.8) is 0 Å². The van der Waals surface area contributed by atoms with Crippen molar-refractivity contribution in [1.82, 2.24) is 0 Å². The molecule has 4 aliphatic heterocycles. The lowest BCUT2D eigenvalue weighted by Gasteiger charge is -2.25. The van der Waals surface area contributed by atoms with E-state index in [0.29, 0.717) is 23.4 Å². The Bertz CT molecular complexity index is 1910. The third-order valence-electron chi connectivity index (χ3n) is 9.04. The first-order chi connectivity index (χ1) is 23.7. The second kappa shape index (κ2) is 16.4. The molecule has 0 saturated heterocycles. The molecule has 0 aliphatic carbocycles. The standard InChI is InChI=1S/C11H12N2O4S.C11H12N2O2.C11H16N2.CH4O2S/c1-7-10-9(13(14)15)5-4-8-3-2-6-12(11(8)10)18(7,16)17;1-2-9-10(13(14)15)6-5-8-4-3-7-12-11(8)9;1-2-9-10(12)6-5-8-4-3-7-13-11(8)9;1-4(2)3/h4-5,7H,2-3,6H2,1H3;2,5-6,12H,1,3-4,7H2;5-6,13H,2-4,7,12H2,1H3;1H3,(H,2,3)/p-1. The lowest BCUT2D eigenvalue weighted by molar-refractivity contribution is -0.385. The average Bonchev–Trinajstić information content (AvgIpc) is 3.30. The van der Waals surface area contributed by atoms with Crippen molar-refractivity contribution in [3.05, 3.63) is 96.6 Å². The zero-order valence-corrected chi connectivity index (χ0v) is 30.0. The number of sulfonamides is 1. The molecular weight excluding hydrogens is 685 g/mol. The van der Waals surface area contributed by atoms with Gasteiger partial charge in [-0.2, -0.15) is 0 Å². The fourth-order valence-electron chi connectivity index (χ4n) is 6.76. The molecule has 270 valence electrons. The molecule has 0 fully saturated rings. The first-order valence-electron chi connectivity index (χ1n) is 16.4. The van der Waals surface area contributed by atoms with E-state index in [1.54, 1.807) is 18.2 Å². The molecule has 4 heterocycles. The van der Waals surface area contributed by atoms with Gasteiger partial charge in [-0.25, -0.2) is 8.42 Å². The van der Waals surface area contributed by atoms with Gasteiger partial charge in [0.25, 0.3) is 11.4 Å². The van der Waals surface area contributed by atoms with Gasteiger partial charge in [0.2, 0.25) is 10.0 Å². The van der Waals surface area contributed by atoms with Gasteiger partial charge < -0.3 is 20.9 Å². The molecule has 4 aliphatic rings. The number of anilines is 4. The molecule has 4 N–H and O–H groups in total. The monoisotopic (exact) mass is 727 g/mol. The molecule has 2 unspecified atom stereocenters. The number of nitro groups is 2. The SMILES string of the molecule is C=Cc1c([N+](=O)[O-])ccc2c1NCCC2.CC1c2c([N+](=O)[O-])ccc3c2N(CCC3)S1(=O)=O.CCc1c(N)ccc2c1NCCC2.CS(=O)[O-]. The van der Waals surface area contributed by atoms with Gasteiger partial charge in [0.05, 0.1) is 32.3 Å². The number of rotatable bonds is 4. The molecule has 50 heavy (non-hydrogen) atoms. The zero-order chi connectivity index (χ0) is 36.7. The summed E-state index contributed by atoms with van der Waals surface area (Å²) in [5.41, 5.74) is 15.3. The van der Waals surface area contributed by atoms with E-state index in [1.807, 2.05) is 12.1 Å². The summed E-state index contributed by atoms with van der Waals surface area (Å²) in [6, 6.07) is 10.7. The van der Waals surface area contributed by atoms with Crippen LogP contribution in [0.2, 0.25) is 0 Å². The van der Waals surface area contributed by atoms with Gasteiger partial charge in [-0.05, 0) is 86.4 Å². The number of nitrogen functional groups attached to an aromatic ring is 1. The molecular formula is C34H43N6O8S2-. The van der Waals surface area contributed by atoms with Crippen LogP contribution < -0.4 is 20.7 Å². The summed E-state index contributed by atoms with van der Waals surface area (Å²) in [5, 5.41) is 27.6. The highest BCUT2D eigenvalue weighted by Gasteiger charge is 2.46. The molecule has 0 aromatic heterocycles. The average molecular weight is 728 g/mol. The van der Waals surface area contributed by atoms with Crippen LogP contribution in [0, 0.1) is 20.2 Å². The molecule has 3 aromatic rings. The van der Waals surface area contributed by atoms with E-state index in [1.165, 1.54) is 47.0 Å². The molecule has 0 radical (unpaired) electrons. The van der Waals surface area contributed by atoms with Gasteiger partial charge >= 0.3 is 0 Å². The fraction of sp³-hybridized carbons (Fsp3) is 0.412. The second-order valence-corrected chi connectivity index (χ2v) is 15.1. The Morgan fingerprint density at radius 3 is 2.04 bits per heavy atom. The van der Waals surface area contributed by atoms with Crippen LogP contribution in [0.4, 0.5) is 34.1 Å². The predicted octanol–water partition coefficient (Wildman–Crippen LogP) is 6.03. The van der Waals surface area contributed by atoms with Crippen LogP contribution in [0.25, 0.3) is 6.08 Å². The maximum atomic E-state index is 12.2. The largest absolute Gasteiger partial charge is 0.773 e. The maximum Gasteiger partial charge on any atom is 0.278 e. The van der Waals surface area contributed by atoms with Gasteiger partial charge in [-0.15, -0.1) is 0 Å². The van der Waals surface area contributed by atoms with Crippen LogP contribution >= 0.6 is 0 Å². The summed E-state index contributed by atoms with van der Waals surface area (Å²) in [6.45, 7) is 9.70. The normalized spacial score (nSPS) is 17.8. The Morgan fingerprint density at radius 2 is 1.46 bits per heavy atom. The highest BCUT2D eigenvalue weighted by atomic mass is 32.2. The number of nitrogens with zero attached hydrogens (tertiary/aromatic N) is 3. The number of nitrogens with one attached hydrogen (secondary N) is 2. The highest BCUT2D eigenvalue weighted by molar-refractivity contribution is 7.93. The minimum atomic E-state index is -3.47. The minimum Gasteiger partial charge on any atom is -0.773 e. The van der Waals surface area contributed by atoms with Crippen molar-refractivity contribution in [2.75, 3.05) is 46.6 Å². The van der Waals surface area contributed by atoms with Crippen LogP contribution in [0.3, 0.4) is 0 Å². The fourth-order valence-corrected chi connectivity index (χ4v) is 8.53. The van der Waals surface area contributed by atoms with Crippen LogP contribution in [0.15, 0.2) is 43.0 Å². The van der Waals surface area contributed by atoms with Crippen molar-refractivity contribution in [3.8, 4) is 0 Å². The van der Waals surface area contributed by atoms with E-state index in [0.717, 1.165) is 74.0 Å². The molecule has 0 bridgehead atoms. The number of hydrogen-bond acceptors (Lipinski definition) is 11. The third-order valence-corrected chi connectivity index (χ3v) is 11.1. The highest BCUT2D eigenvalue weighted by Crippen LogP contribution is 2.50. The van der Waals surface area contributed by atoms with Crippen molar-refractivity contribution in [1.29, 1.82) is 0 Å². The van der Waals surface area contributed by atoms with Gasteiger partial charge in [0, 0.05) is 43.1 Å². The summed E-state index contributed by atoms with van der Waals surface area (Å²) in [6.07, 6.45) is 9.66. The maximum absolute atomic E-state index is 12.2. The van der Waals surface area contributed by atoms with Gasteiger partial charge in [0.1, 0.15) is 5.25 Å². The summed E-state index contributed by atoms with van der Waals surface area (Å²) in [7, 11) is -3.47. The number of nitrogens with two attached hydrogens (primary N) is 1. The van der Waals surface area contributed by atoms with Crippen LogP contribution in [-0.4, -0.2) is 52.9 Å². The Labute approximate surface area is 294 Å². The Hall–Kier alpha value is -4.54. The van der Waals surface area contributed by atoms with Crippen LogP contribution in [-0.2, 0) is 46.8 Å². The third kappa shape index (κ3) is 8.08. The Morgan fingerprint density at radius 1 is 0.940 bits per heavy atom. The van der Waals surface area contributed by atoms with Crippen molar-refractivity contribution in [2.24, 2.45) is 0 Å². The summed E-state index contributed by atoms with van der Waals surface area (Å²) < 4.78 is 43.8. The Kier molecular flexibility index (Phi) is 12.6. The topological polar surface area (TPSA) is 214 Å². The number of hydrogen-bond donors (Lipinski definition) is 3. The van der Waals surface area contributed by atoms with E-state index in [2.05, 4.69) is 30.2 Å². The lowest BCUT2D eigenvalue weighted by atomic mass is 9.97. The molecule has 3 aromatic carbocycles. The summed E-state index contributed by atoms with van der Waals surface area (Å²) in [5.74, 6) is 0. The number of nitro benzene ring substituents is 2. The summed E-state index contributed by atoms with van der Waals surface area (Å²) in [4.78, 5) is 21.0. The van der Waals surface area contributed by atoms with E-state index < -0.39 is 31.3 Å². The van der Waals surface area contributed by atoms with Crippen LogP contribution in [0.5, 0.6) is 0 Å². The summed E-state index contributed by atoms with van der Waals surface area (Å²) >= 11 is -1.86. The zero-order valence-electron chi connectivity index (χ0n) is 28.4. The lowest BCUT2D eigenvalue weighted by Crippen LogP contribution is -2.32. The first-order valence-corrected chi connectivity index (χ1v) is 19.4. The van der Waals surface area contributed by atoms with Crippen molar-refractivity contribution in [2.45, 2.75) is 64.0 Å². The van der Waals surface area contributed by atoms with Crippen molar-refractivity contribution < 1.29 is 27.0 Å². The molecule has 7 rings (SSSR count). The molecule has 2 atom stereocenters. The number of fused-ring (bicyclic) bond motifs is 2. The van der Waals surface area contributed by atoms with E-state index >= 15 is 0 Å². The smallest absolute Gasteiger partial charge is 0.278 e. The van der Waals surface area contributed by atoms with Gasteiger partial charge in [-0.3, -0.25) is 28.7 Å². The number of aryl methyl sites for hydroxylation is 3. The van der Waals surface area contributed by atoms with Crippen molar-refractivity contribution >= 4 is 61.3 Å². The quantitative estimate of drug-likeness (QED) is 0.122. The van der Waals surface area contributed by atoms with E-state index in [4.69, 9.17) is 14.5 Å². The molecule has 0 amide bonds. The number of benzene rings is 3. The Balaban J connectivity index is 0.000000162. The second-order valence-electron chi connectivity index (χ2n) is 12.1. The molecule has 14 nitrogen and oxygen atoms in total. The minimum absolute atomic E-state index is 0.0887. The molecule has 0 saturated carbocycles. The van der Waals surface area contributed by atoms with E-state index in [-0.39, 0.29) is 16.3 Å². The van der Waals surface area contributed by atoms with E-state index in [9.17, 15) is 28.6 Å². The van der Waals surface area contributed by atoms with Crippen LogP contribution in [0.1, 0.15) is 71.7 Å². The molecule has 0 spiro atoms. The van der Waals surface area contributed by atoms with Gasteiger partial charge in [0.15, 0.2) is 0 Å². The predicted molar refractivity (Wildman–Crippen MR) is 198 cm³/mol. The first kappa shape index (κ1) is 38.3.